The van der Waals surface area contributed by atoms with E-state index in [0.29, 0.717) is 11.6 Å². The van der Waals surface area contributed by atoms with E-state index in [2.05, 4.69) is 15.4 Å². The Morgan fingerprint density at radius 3 is 2.48 bits per heavy atom. The van der Waals surface area contributed by atoms with E-state index in [4.69, 9.17) is 11.6 Å². The van der Waals surface area contributed by atoms with Crippen LogP contribution in [0.2, 0.25) is 5.02 Å². The number of hydrogen-bond acceptors (Lipinski definition) is 4. The maximum Gasteiger partial charge on any atom is 0.261 e. The van der Waals surface area contributed by atoms with Gasteiger partial charge in [-0.1, -0.05) is 23.7 Å². The molecule has 0 unspecified atom stereocenters. The molecule has 146 valence electrons. The van der Waals surface area contributed by atoms with Crippen molar-refractivity contribution in [2.75, 3.05) is 17.8 Å². The largest absolute Gasteiger partial charge is 0.348 e. The minimum Gasteiger partial charge on any atom is -0.348 e. The third-order valence-corrected chi connectivity index (χ3v) is 5.81. The minimum atomic E-state index is -3.82. The molecule has 2 aromatic carbocycles. The van der Waals surface area contributed by atoms with Gasteiger partial charge in [-0.2, -0.15) is 0 Å². The molecule has 1 saturated heterocycles. The van der Waals surface area contributed by atoms with E-state index in [1.165, 1.54) is 24.3 Å². The number of piperidine rings is 1. The number of amides is 1. The zero-order chi connectivity index (χ0) is 18.6. The molecule has 3 rings (SSSR count). The van der Waals surface area contributed by atoms with Crippen molar-refractivity contribution < 1.29 is 13.2 Å². The van der Waals surface area contributed by atoms with E-state index >= 15 is 0 Å². The highest BCUT2D eigenvalue weighted by Gasteiger charge is 2.21. The maximum atomic E-state index is 12.6. The average Bonchev–Trinajstić information content (AvgIpc) is 2.63. The van der Waals surface area contributed by atoms with Crippen LogP contribution >= 0.6 is 24.0 Å². The van der Waals surface area contributed by atoms with Gasteiger partial charge in [0.05, 0.1) is 16.1 Å². The summed E-state index contributed by atoms with van der Waals surface area (Å²) in [5, 5.41) is 6.64. The van der Waals surface area contributed by atoms with E-state index in [1.54, 1.807) is 24.3 Å². The van der Waals surface area contributed by atoms with Gasteiger partial charge in [0.15, 0.2) is 0 Å². The highest BCUT2D eigenvalue weighted by Crippen LogP contribution is 2.21. The van der Waals surface area contributed by atoms with Crippen molar-refractivity contribution in [1.82, 2.24) is 10.6 Å². The molecule has 0 bridgehead atoms. The van der Waals surface area contributed by atoms with Crippen LogP contribution in [-0.4, -0.2) is 33.5 Å². The predicted octanol–water partition coefficient (Wildman–Crippen LogP) is 3.04. The Labute approximate surface area is 170 Å². The normalized spacial score (nSPS) is 16.9. The van der Waals surface area contributed by atoms with Crippen LogP contribution in [0.5, 0.6) is 0 Å². The van der Waals surface area contributed by atoms with Gasteiger partial charge in [-0.05, 0) is 55.8 Å². The monoisotopic (exact) mass is 429 g/mol. The Balaban J connectivity index is 0.00000261. The van der Waals surface area contributed by atoms with Gasteiger partial charge >= 0.3 is 0 Å². The molecule has 1 atom stereocenters. The molecular formula is C18H21Cl2N3O3S. The number of halogens is 2. The lowest BCUT2D eigenvalue weighted by molar-refractivity contribution is 0.0931. The molecule has 1 heterocycles. The van der Waals surface area contributed by atoms with Gasteiger partial charge in [-0.3, -0.25) is 9.52 Å². The summed E-state index contributed by atoms with van der Waals surface area (Å²) >= 11 is 5.81. The van der Waals surface area contributed by atoms with Crippen LogP contribution < -0.4 is 15.4 Å². The molecule has 1 aliphatic heterocycles. The number of sulfonamides is 1. The molecule has 0 spiro atoms. The molecule has 6 nitrogen and oxygen atoms in total. The number of carbonyl (C=O) groups is 1. The number of anilines is 1. The summed E-state index contributed by atoms with van der Waals surface area (Å²) in [6, 6.07) is 12.4. The van der Waals surface area contributed by atoms with Crippen LogP contribution in [0.3, 0.4) is 0 Å². The number of rotatable bonds is 5. The van der Waals surface area contributed by atoms with Crippen LogP contribution in [0.1, 0.15) is 23.2 Å². The zero-order valence-electron chi connectivity index (χ0n) is 14.4. The van der Waals surface area contributed by atoms with Crippen LogP contribution in [0.4, 0.5) is 5.69 Å². The second-order valence-corrected chi connectivity index (χ2v) is 8.24. The minimum absolute atomic E-state index is 0. The van der Waals surface area contributed by atoms with Crippen LogP contribution in [0.15, 0.2) is 53.4 Å². The molecule has 0 saturated carbocycles. The first-order valence-electron chi connectivity index (χ1n) is 8.35. The topological polar surface area (TPSA) is 87.3 Å². The smallest absolute Gasteiger partial charge is 0.261 e. The SMILES string of the molecule is Cl.O=C(N[C@H]1CCCNC1)c1ccccc1NS(=O)(=O)c1ccc(Cl)cc1. The first-order valence-corrected chi connectivity index (χ1v) is 10.2. The number of carbonyl (C=O) groups excluding carboxylic acids is 1. The fraction of sp³-hybridized carbons (Fsp3) is 0.278. The van der Waals surface area contributed by atoms with Crippen molar-refractivity contribution in [1.29, 1.82) is 0 Å². The van der Waals surface area contributed by atoms with Gasteiger partial charge in [-0.25, -0.2) is 8.42 Å². The van der Waals surface area contributed by atoms with E-state index in [-0.39, 0.29) is 40.5 Å². The molecule has 0 aromatic heterocycles. The number of nitrogens with one attached hydrogen (secondary N) is 3. The summed E-state index contributed by atoms with van der Waals surface area (Å²) in [5.74, 6) is -0.298. The van der Waals surface area contributed by atoms with Crippen LogP contribution in [0, 0.1) is 0 Å². The fourth-order valence-electron chi connectivity index (χ4n) is 2.83. The highest BCUT2D eigenvalue weighted by atomic mass is 35.5. The van der Waals surface area contributed by atoms with Crippen LogP contribution in [-0.2, 0) is 10.0 Å². The van der Waals surface area contributed by atoms with Crippen LogP contribution in [0.25, 0.3) is 0 Å². The quantitative estimate of drug-likeness (QED) is 0.681. The molecule has 1 aliphatic rings. The summed E-state index contributed by atoms with van der Waals surface area (Å²) < 4.78 is 27.7. The summed E-state index contributed by atoms with van der Waals surface area (Å²) in [4.78, 5) is 12.7. The Kier molecular flexibility index (Phi) is 7.49. The Morgan fingerprint density at radius 1 is 1.11 bits per heavy atom. The first-order chi connectivity index (χ1) is 12.5. The van der Waals surface area contributed by atoms with Gasteiger partial charge < -0.3 is 10.6 Å². The maximum absolute atomic E-state index is 12.6. The lowest BCUT2D eigenvalue weighted by Gasteiger charge is -2.24. The lowest BCUT2D eigenvalue weighted by Crippen LogP contribution is -2.45. The molecule has 9 heteroatoms. The summed E-state index contributed by atoms with van der Waals surface area (Å²) in [5.41, 5.74) is 0.527. The molecule has 1 fully saturated rings. The van der Waals surface area contributed by atoms with E-state index < -0.39 is 10.0 Å². The molecule has 27 heavy (non-hydrogen) atoms. The first kappa shape index (κ1) is 21.5. The molecular weight excluding hydrogens is 409 g/mol. The Hall–Kier alpha value is -1.80. The number of hydrogen-bond donors (Lipinski definition) is 3. The second-order valence-electron chi connectivity index (χ2n) is 6.12. The third-order valence-electron chi connectivity index (χ3n) is 4.17. The van der Waals surface area contributed by atoms with Crippen molar-refractivity contribution in [3.05, 3.63) is 59.1 Å². The molecule has 3 N–H and O–H groups in total. The van der Waals surface area contributed by atoms with Gasteiger partial charge in [0, 0.05) is 17.6 Å². The molecule has 0 aliphatic carbocycles. The van der Waals surface area contributed by atoms with Crippen molar-refractivity contribution in [2.24, 2.45) is 0 Å². The number of para-hydroxylation sites is 1. The van der Waals surface area contributed by atoms with E-state index in [0.717, 1.165) is 19.4 Å². The van der Waals surface area contributed by atoms with Gasteiger partial charge in [0.25, 0.3) is 15.9 Å². The highest BCUT2D eigenvalue weighted by molar-refractivity contribution is 7.92. The van der Waals surface area contributed by atoms with Crippen molar-refractivity contribution >= 4 is 45.6 Å². The summed E-state index contributed by atoms with van der Waals surface area (Å²) in [6.45, 7) is 1.66. The summed E-state index contributed by atoms with van der Waals surface area (Å²) in [7, 11) is -3.82. The summed E-state index contributed by atoms with van der Waals surface area (Å²) in [6.07, 6.45) is 1.90. The predicted molar refractivity (Wildman–Crippen MR) is 109 cm³/mol. The number of benzene rings is 2. The third kappa shape index (κ3) is 5.59. The van der Waals surface area contributed by atoms with Crippen molar-refractivity contribution in [2.45, 2.75) is 23.8 Å². The van der Waals surface area contributed by atoms with Gasteiger partial charge in [-0.15, -0.1) is 12.4 Å². The second kappa shape index (κ2) is 9.41. The van der Waals surface area contributed by atoms with Gasteiger partial charge in [0.2, 0.25) is 0 Å². The van der Waals surface area contributed by atoms with Gasteiger partial charge in [0.1, 0.15) is 0 Å². The fourth-order valence-corrected chi connectivity index (χ4v) is 4.03. The molecule has 0 radical (unpaired) electrons. The standard InChI is InChI=1S/C18H20ClN3O3S.ClH/c19-13-7-9-15(10-8-13)26(24,25)22-17-6-2-1-5-16(17)18(23)21-14-4-3-11-20-12-14;/h1-2,5-10,14,20,22H,3-4,11-12H2,(H,21,23);1H/t14-;/m0./s1. The molecule has 2 aromatic rings. The van der Waals surface area contributed by atoms with E-state index in [9.17, 15) is 13.2 Å². The zero-order valence-corrected chi connectivity index (χ0v) is 16.8. The van der Waals surface area contributed by atoms with E-state index in [1.807, 2.05) is 0 Å². The van der Waals surface area contributed by atoms with Crippen molar-refractivity contribution in [3.63, 3.8) is 0 Å². The lowest BCUT2D eigenvalue weighted by atomic mass is 10.1. The Bertz CT molecular complexity index is 883. The Morgan fingerprint density at radius 2 is 1.81 bits per heavy atom. The van der Waals surface area contributed by atoms with Crippen molar-refractivity contribution in [3.8, 4) is 0 Å². The average molecular weight is 430 g/mol. The molecule has 1 amide bonds.